The van der Waals surface area contributed by atoms with Gasteiger partial charge in [-0.1, -0.05) is 30.3 Å². The fraction of sp³-hybridized carbons (Fsp3) is 0.174. The van der Waals surface area contributed by atoms with E-state index < -0.39 is 0 Å². The van der Waals surface area contributed by atoms with Crippen molar-refractivity contribution in [3.63, 3.8) is 0 Å². The predicted molar refractivity (Wildman–Crippen MR) is 108 cm³/mol. The summed E-state index contributed by atoms with van der Waals surface area (Å²) < 4.78 is 15.7. The van der Waals surface area contributed by atoms with Gasteiger partial charge in [0.25, 0.3) is 0 Å². The molecule has 3 aromatic rings. The van der Waals surface area contributed by atoms with Crippen LogP contribution in [0.2, 0.25) is 0 Å². The number of hydrogen-bond donors (Lipinski definition) is 1. The van der Waals surface area contributed by atoms with Crippen LogP contribution in [0.25, 0.3) is 11.1 Å². The van der Waals surface area contributed by atoms with Crippen molar-refractivity contribution >= 4 is 11.7 Å². The summed E-state index contributed by atoms with van der Waals surface area (Å²) in [6.07, 6.45) is 0. The van der Waals surface area contributed by atoms with Crippen LogP contribution in [0.5, 0.6) is 11.5 Å². The largest absolute Gasteiger partial charge is 0.465 e. The van der Waals surface area contributed by atoms with E-state index in [-0.39, 0.29) is 12.8 Å². The second-order valence-electron chi connectivity index (χ2n) is 6.61. The van der Waals surface area contributed by atoms with E-state index in [9.17, 15) is 4.79 Å². The normalized spacial score (nSPS) is 11.9. The van der Waals surface area contributed by atoms with Gasteiger partial charge < -0.3 is 19.5 Å². The van der Waals surface area contributed by atoms with E-state index in [1.165, 1.54) is 7.11 Å². The van der Waals surface area contributed by atoms with Crippen molar-refractivity contribution < 1.29 is 19.0 Å². The van der Waals surface area contributed by atoms with Crippen molar-refractivity contribution in [1.29, 1.82) is 0 Å². The molecular formula is C23H21NO4. The molecule has 4 rings (SSSR count). The molecule has 0 bridgehead atoms. The number of carbonyl (C=O) groups is 1. The van der Waals surface area contributed by atoms with Crippen LogP contribution in [-0.4, -0.2) is 19.9 Å². The number of ether oxygens (including phenoxy) is 3. The third kappa shape index (κ3) is 3.51. The molecule has 1 heterocycles. The maximum atomic E-state index is 12.3. The third-order valence-corrected chi connectivity index (χ3v) is 4.79. The number of benzene rings is 3. The number of methoxy groups -OCH3 is 1. The molecule has 0 radical (unpaired) electrons. The van der Waals surface area contributed by atoms with Crippen LogP contribution in [0.15, 0.2) is 60.7 Å². The van der Waals surface area contributed by atoms with Gasteiger partial charge in [0.2, 0.25) is 6.79 Å². The number of fused-ring (bicyclic) bond motifs is 1. The smallest absolute Gasteiger partial charge is 0.338 e. The molecule has 0 unspecified atom stereocenters. The van der Waals surface area contributed by atoms with Crippen molar-refractivity contribution in [2.45, 2.75) is 13.5 Å². The van der Waals surface area contributed by atoms with Crippen molar-refractivity contribution in [2.24, 2.45) is 0 Å². The molecule has 3 aromatic carbocycles. The Morgan fingerprint density at radius 3 is 2.64 bits per heavy atom. The minimum absolute atomic E-state index is 0.258. The van der Waals surface area contributed by atoms with E-state index in [0.29, 0.717) is 12.1 Å². The SMILES string of the molecule is COC(=O)c1ccc(CNc2ccc3c(c2)OCO3)cc1-c1ccccc1C. The number of hydrogen-bond acceptors (Lipinski definition) is 5. The maximum Gasteiger partial charge on any atom is 0.338 e. The maximum absolute atomic E-state index is 12.3. The minimum Gasteiger partial charge on any atom is -0.465 e. The van der Waals surface area contributed by atoms with Gasteiger partial charge in [0, 0.05) is 18.3 Å². The van der Waals surface area contributed by atoms with E-state index in [2.05, 4.69) is 5.32 Å². The van der Waals surface area contributed by atoms with E-state index in [0.717, 1.165) is 39.4 Å². The summed E-state index contributed by atoms with van der Waals surface area (Å²) in [4.78, 5) is 12.3. The lowest BCUT2D eigenvalue weighted by Gasteiger charge is -2.14. The summed E-state index contributed by atoms with van der Waals surface area (Å²) in [5.74, 6) is 1.16. The van der Waals surface area contributed by atoms with E-state index in [4.69, 9.17) is 14.2 Å². The molecule has 1 aliphatic heterocycles. The fourth-order valence-corrected chi connectivity index (χ4v) is 3.30. The summed E-state index contributed by atoms with van der Waals surface area (Å²) in [6.45, 7) is 2.90. The first kappa shape index (κ1) is 17.9. The minimum atomic E-state index is -0.339. The highest BCUT2D eigenvalue weighted by atomic mass is 16.7. The van der Waals surface area contributed by atoms with Crippen molar-refractivity contribution in [1.82, 2.24) is 0 Å². The van der Waals surface area contributed by atoms with Crippen LogP contribution >= 0.6 is 0 Å². The van der Waals surface area contributed by atoms with Gasteiger partial charge in [-0.3, -0.25) is 0 Å². The summed E-state index contributed by atoms with van der Waals surface area (Å²) in [5.41, 5.74) is 5.56. The van der Waals surface area contributed by atoms with Crippen LogP contribution in [0.4, 0.5) is 5.69 Å². The van der Waals surface area contributed by atoms with Gasteiger partial charge in [-0.25, -0.2) is 4.79 Å². The molecule has 28 heavy (non-hydrogen) atoms. The van der Waals surface area contributed by atoms with Crippen LogP contribution in [0.1, 0.15) is 21.5 Å². The highest BCUT2D eigenvalue weighted by molar-refractivity contribution is 5.97. The van der Waals surface area contributed by atoms with Gasteiger partial charge in [0.15, 0.2) is 11.5 Å². The van der Waals surface area contributed by atoms with Crippen molar-refractivity contribution in [3.8, 4) is 22.6 Å². The Morgan fingerprint density at radius 1 is 1.00 bits per heavy atom. The molecule has 0 saturated heterocycles. The molecule has 5 nitrogen and oxygen atoms in total. The Hall–Kier alpha value is -3.47. The third-order valence-electron chi connectivity index (χ3n) is 4.79. The zero-order valence-corrected chi connectivity index (χ0v) is 15.8. The molecule has 0 spiro atoms. The first-order valence-electron chi connectivity index (χ1n) is 9.06. The molecule has 0 fully saturated rings. The van der Waals surface area contributed by atoms with Gasteiger partial charge in [-0.15, -0.1) is 0 Å². The second-order valence-corrected chi connectivity index (χ2v) is 6.61. The van der Waals surface area contributed by atoms with Crippen molar-refractivity contribution in [2.75, 3.05) is 19.2 Å². The summed E-state index contributed by atoms with van der Waals surface area (Å²) in [7, 11) is 1.40. The van der Waals surface area contributed by atoms with Gasteiger partial charge in [0.1, 0.15) is 0 Å². The van der Waals surface area contributed by atoms with Gasteiger partial charge in [-0.2, -0.15) is 0 Å². The summed E-state index contributed by atoms with van der Waals surface area (Å²) >= 11 is 0. The molecule has 5 heteroatoms. The van der Waals surface area contributed by atoms with Crippen LogP contribution in [0, 0.1) is 6.92 Å². The van der Waals surface area contributed by atoms with Crippen LogP contribution in [0.3, 0.4) is 0 Å². The number of anilines is 1. The lowest BCUT2D eigenvalue weighted by Crippen LogP contribution is -2.06. The molecule has 1 aliphatic rings. The molecule has 142 valence electrons. The topological polar surface area (TPSA) is 56.8 Å². The number of rotatable bonds is 5. The fourth-order valence-electron chi connectivity index (χ4n) is 3.30. The van der Waals surface area contributed by atoms with Crippen LogP contribution < -0.4 is 14.8 Å². The van der Waals surface area contributed by atoms with E-state index in [1.807, 2.05) is 67.6 Å². The average Bonchev–Trinajstić information content (AvgIpc) is 3.20. The zero-order chi connectivity index (χ0) is 19.5. The Balaban J connectivity index is 1.62. The number of esters is 1. The molecule has 0 amide bonds. The Kier molecular flexibility index (Phi) is 4.89. The van der Waals surface area contributed by atoms with Gasteiger partial charge >= 0.3 is 5.97 Å². The standard InChI is InChI=1S/C23H21NO4/c1-15-5-3-4-6-18(15)20-11-16(7-9-19(20)23(25)26-2)13-24-17-8-10-21-22(12-17)28-14-27-21/h3-12,24H,13-14H2,1-2H3. The van der Waals surface area contributed by atoms with Crippen molar-refractivity contribution in [3.05, 3.63) is 77.4 Å². The summed E-state index contributed by atoms with van der Waals surface area (Å²) in [5, 5.41) is 3.39. The Bertz CT molecular complexity index is 1030. The average molecular weight is 375 g/mol. The second kappa shape index (κ2) is 7.64. The monoisotopic (exact) mass is 375 g/mol. The highest BCUT2D eigenvalue weighted by Gasteiger charge is 2.16. The van der Waals surface area contributed by atoms with E-state index >= 15 is 0 Å². The molecule has 1 N–H and O–H groups in total. The Labute approximate surface area is 163 Å². The number of carbonyl (C=O) groups excluding carboxylic acids is 1. The van der Waals surface area contributed by atoms with Gasteiger partial charge in [0.05, 0.1) is 12.7 Å². The molecule has 0 atom stereocenters. The predicted octanol–water partition coefficient (Wildman–Crippen LogP) is 4.79. The molecular weight excluding hydrogens is 354 g/mol. The quantitative estimate of drug-likeness (QED) is 0.650. The summed E-state index contributed by atoms with van der Waals surface area (Å²) in [6, 6.07) is 19.6. The molecule has 0 saturated carbocycles. The van der Waals surface area contributed by atoms with Gasteiger partial charge in [-0.05, 0) is 53.4 Å². The molecule has 0 aromatic heterocycles. The Morgan fingerprint density at radius 2 is 1.82 bits per heavy atom. The number of nitrogens with one attached hydrogen (secondary N) is 1. The molecule has 0 aliphatic carbocycles. The lowest BCUT2D eigenvalue weighted by molar-refractivity contribution is 0.0601. The first-order chi connectivity index (χ1) is 13.7. The lowest BCUT2D eigenvalue weighted by atomic mass is 9.94. The zero-order valence-electron chi connectivity index (χ0n) is 15.8. The highest BCUT2D eigenvalue weighted by Crippen LogP contribution is 2.34. The van der Waals surface area contributed by atoms with Crippen LogP contribution in [-0.2, 0) is 11.3 Å². The first-order valence-corrected chi connectivity index (χ1v) is 9.06. The number of aryl methyl sites for hydroxylation is 1. The van der Waals surface area contributed by atoms with E-state index in [1.54, 1.807) is 0 Å².